The number of hydrogen-bond acceptors (Lipinski definition) is 1. The van der Waals surface area contributed by atoms with Crippen molar-refractivity contribution in [1.82, 2.24) is 0 Å². The Balaban J connectivity index is 0. The Labute approximate surface area is 71.1 Å². The van der Waals surface area contributed by atoms with Crippen LogP contribution in [-0.4, -0.2) is 6.61 Å². The van der Waals surface area contributed by atoms with Crippen LogP contribution < -0.4 is 0 Å². The molecule has 0 aliphatic carbocycles. The Morgan fingerprint density at radius 3 is 2.56 bits per heavy atom. The Bertz CT molecular complexity index is 50.3. The van der Waals surface area contributed by atoms with E-state index in [9.17, 15) is 0 Å². The van der Waals surface area contributed by atoms with E-state index in [0.29, 0.717) is 0 Å². The molecule has 0 unspecified atom stereocenters. The van der Waals surface area contributed by atoms with Crippen LogP contribution in [0.1, 0.15) is 19.8 Å². The summed E-state index contributed by atoms with van der Waals surface area (Å²) < 4.78 is 4.71. The molecule has 0 saturated carbocycles. The molecule has 0 heterocycles. The van der Waals surface area contributed by atoms with Crippen molar-refractivity contribution in [1.29, 1.82) is 0 Å². The van der Waals surface area contributed by atoms with E-state index in [0.717, 1.165) is 30.3 Å². The Hall–Kier alpha value is 0.453. The molecule has 0 aromatic rings. The van der Waals surface area contributed by atoms with E-state index in [1.807, 2.05) is 0 Å². The van der Waals surface area contributed by atoms with Crippen molar-refractivity contribution in [3.8, 4) is 0 Å². The van der Waals surface area contributed by atoms with E-state index in [1.165, 1.54) is 6.42 Å². The van der Waals surface area contributed by atoms with Gasteiger partial charge in [0.15, 0.2) is 0 Å². The third-order valence-electron chi connectivity index (χ3n) is 0.702. The van der Waals surface area contributed by atoms with E-state index in [2.05, 4.69) is 19.8 Å². The second kappa shape index (κ2) is 15.8. The van der Waals surface area contributed by atoms with Gasteiger partial charge >= 0.3 is 27.0 Å². The summed E-state index contributed by atoms with van der Waals surface area (Å²) >= 11 is 0.847. The molecular weight excluding hydrogens is 189 g/mol. The summed E-state index contributed by atoms with van der Waals surface area (Å²) in [6, 6.07) is 0. The quantitative estimate of drug-likeness (QED) is 0.293. The summed E-state index contributed by atoms with van der Waals surface area (Å²) in [5.74, 6) is 0. The van der Waals surface area contributed by atoms with Crippen molar-refractivity contribution in [2.45, 2.75) is 19.8 Å². The van der Waals surface area contributed by atoms with Gasteiger partial charge in [0, 0.05) is 6.61 Å². The van der Waals surface area contributed by atoms with Gasteiger partial charge in [-0.15, -0.1) is 0 Å². The molecule has 0 amide bonds. The SMILES string of the molecule is C=[C-]OCCCC.[Cl][Zn+]. The molecule has 0 aliphatic rings. The minimum atomic E-state index is 0.764. The van der Waals surface area contributed by atoms with Gasteiger partial charge in [0.25, 0.3) is 0 Å². The fourth-order valence-electron chi connectivity index (χ4n) is 0.289. The van der Waals surface area contributed by atoms with Crippen molar-refractivity contribution >= 4 is 9.69 Å². The van der Waals surface area contributed by atoms with Gasteiger partial charge in [-0.1, -0.05) is 13.3 Å². The van der Waals surface area contributed by atoms with Gasteiger partial charge in [0.1, 0.15) is 0 Å². The average Bonchev–Trinajstić information content (AvgIpc) is 1.94. The molecule has 0 fully saturated rings. The fourth-order valence-corrected chi connectivity index (χ4v) is 0.289. The van der Waals surface area contributed by atoms with Crippen LogP contribution in [0.3, 0.4) is 0 Å². The first-order valence-corrected chi connectivity index (χ1v) is 6.72. The Morgan fingerprint density at radius 2 is 2.22 bits per heavy atom. The van der Waals surface area contributed by atoms with Crippen molar-refractivity contribution in [3.05, 3.63) is 12.8 Å². The molecule has 0 saturated heterocycles. The van der Waals surface area contributed by atoms with Crippen LogP contribution in [0.25, 0.3) is 0 Å². The van der Waals surface area contributed by atoms with E-state index in [-0.39, 0.29) is 0 Å². The van der Waals surface area contributed by atoms with Crippen molar-refractivity contribution < 1.29 is 22.0 Å². The van der Waals surface area contributed by atoms with E-state index in [1.54, 1.807) is 0 Å². The predicted octanol–water partition coefficient (Wildman–Crippen LogP) is 2.44. The molecule has 50 valence electrons. The summed E-state index contributed by atoms with van der Waals surface area (Å²) in [6.07, 6.45) is 4.62. The van der Waals surface area contributed by atoms with Crippen LogP contribution in [-0.2, 0) is 22.0 Å². The molecule has 1 nitrogen and oxygen atoms in total. The minimum absolute atomic E-state index is 0.764. The van der Waals surface area contributed by atoms with Gasteiger partial charge < -0.3 is 11.0 Å². The Morgan fingerprint density at radius 1 is 1.67 bits per heavy atom. The maximum atomic E-state index is 4.76. The van der Waals surface area contributed by atoms with Gasteiger partial charge in [0.2, 0.25) is 0 Å². The van der Waals surface area contributed by atoms with E-state index < -0.39 is 0 Å². The molecule has 0 rings (SSSR count). The van der Waals surface area contributed by atoms with E-state index >= 15 is 0 Å². The number of rotatable bonds is 4. The van der Waals surface area contributed by atoms with Crippen molar-refractivity contribution in [3.63, 3.8) is 0 Å². The van der Waals surface area contributed by atoms with Gasteiger partial charge in [-0.2, -0.15) is 0 Å². The van der Waals surface area contributed by atoms with Crippen LogP contribution in [0.15, 0.2) is 6.58 Å². The van der Waals surface area contributed by atoms with Crippen LogP contribution in [0.4, 0.5) is 0 Å². The second-order valence-corrected chi connectivity index (χ2v) is 1.35. The molecular formula is C6H11ClOZn. The number of ether oxygens (including phenoxy) is 1. The van der Waals surface area contributed by atoms with Crippen LogP contribution in [0.2, 0.25) is 0 Å². The maximum absolute atomic E-state index is 4.76. The summed E-state index contributed by atoms with van der Waals surface area (Å²) in [5, 5.41) is 0. The predicted molar refractivity (Wildman–Crippen MR) is 35.6 cm³/mol. The standard InChI is InChI=1S/C6H11O.ClH.Zn/c1-3-5-6-7-4-2;;/h2-3,5-6H2,1H3;1H;/q-1;;+2/p-1. The molecule has 0 atom stereocenters. The molecule has 3 heteroatoms. The third-order valence-corrected chi connectivity index (χ3v) is 0.702. The molecule has 0 aromatic carbocycles. The molecule has 0 aromatic heterocycles. The zero-order valence-corrected chi connectivity index (χ0v) is 9.54. The first kappa shape index (κ1) is 12.2. The van der Waals surface area contributed by atoms with Crippen LogP contribution in [0.5, 0.6) is 0 Å². The first-order valence-electron chi connectivity index (χ1n) is 2.82. The summed E-state index contributed by atoms with van der Waals surface area (Å²) in [4.78, 5) is 0. The van der Waals surface area contributed by atoms with Crippen LogP contribution >= 0.6 is 9.69 Å². The zero-order chi connectivity index (χ0) is 7.54. The van der Waals surface area contributed by atoms with Gasteiger partial charge in [-0.3, -0.25) is 0 Å². The normalized spacial score (nSPS) is 7.11. The van der Waals surface area contributed by atoms with E-state index in [4.69, 9.17) is 14.4 Å². The number of unbranched alkanes of at least 4 members (excludes halogenated alkanes) is 1. The summed E-state index contributed by atoms with van der Waals surface area (Å²) in [6.45, 7) is 6.17. The topological polar surface area (TPSA) is 9.23 Å². The molecule has 0 N–H and O–H groups in total. The molecule has 0 radical (unpaired) electrons. The second-order valence-electron chi connectivity index (χ2n) is 1.35. The molecule has 0 aliphatic heterocycles. The molecule has 9 heavy (non-hydrogen) atoms. The average molecular weight is 200 g/mol. The summed E-state index contributed by atoms with van der Waals surface area (Å²) in [7, 11) is 4.76. The fraction of sp³-hybridized carbons (Fsp3) is 0.667. The number of hydrogen-bond donors (Lipinski definition) is 0. The molecule has 0 spiro atoms. The van der Waals surface area contributed by atoms with Gasteiger partial charge in [-0.05, 0) is 6.42 Å². The first-order chi connectivity index (χ1) is 4.41. The monoisotopic (exact) mass is 198 g/mol. The van der Waals surface area contributed by atoms with Gasteiger partial charge in [-0.25, -0.2) is 6.58 Å². The van der Waals surface area contributed by atoms with Crippen molar-refractivity contribution in [2.24, 2.45) is 0 Å². The van der Waals surface area contributed by atoms with Gasteiger partial charge in [0.05, 0.1) is 0 Å². The third kappa shape index (κ3) is 17.8. The Kier molecular flexibility index (Phi) is 21.3. The summed E-state index contributed by atoms with van der Waals surface area (Å²) in [5.41, 5.74) is 0. The number of halogens is 1. The van der Waals surface area contributed by atoms with Crippen molar-refractivity contribution in [2.75, 3.05) is 6.61 Å². The zero-order valence-electron chi connectivity index (χ0n) is 5.82. The van der Waals surface area contributed by atoms with Crippen LogP contribution in [0, 0.1) is 6.26 Å². The molecule has 0 bridgehead atoms.